The van der Waals surface area contributed by atoms with Crippen LogP contribution in [-0.2, 0) is 6.54 Å². The molecule has 5 heteroatoms. The van der Waals surface area contributed by atoms with Crippen molar-refractivity contribution in [3.63, 3.8) is 0 Å². The Hall–Kier alpha value is -2.56. The lowest BCUT2D eigenvalue weighted by molar-refractivity contribution is 0.251. The topological polar surface area (TPSA) is 67.1 Å². The molecule has 0 aliphatic heterocycles. The van der Waals surface area contributed by atoms with Crippen molar-refractivity contribution in [2.24, 2.45) is 0 Å². The van der Waals surface area contributed by atoms with Crippen molar-refractivity contribution in [1.29, 1.82) is 0 Å². The standard InChI is InChI=1S/C14H14FN3O/c15-11-4-2-6-13(8-11)18-14(19)17-9-10-3-1-5-12(16)7-10/h1-8H,9,16H2,(H2,17,18,19). The summed E-state index contributed by atoms with van der Waals surface area (Å²) in [6, 6.07) is 12.5. The van der Waals surface area contributed by atoms with Crippen molar-refractivity contribution in [3.05, 3.63) is 59.9 Å². The van der Waals surface area contributed by atoms with Gasteiger partial charge < -0.3 is 16.4 Å². The van der Waals surface area contributed by atoms with Crippen molar-refractivity contribution >= 4 is 17.4 Å². The average Bonchev–Trinajstić information content (AvgIpc) is 2.36. The second kappa shape index (κ2) is 5.86. The molecule has 98 valence electrons. The lowest BCUT2D eigenvalue weighted by atomic mass is 10.2. The smallest absolute Gasteiger partial charge is 0.319 e. The van der Waals surface area contributed by atoms with E-state index in [4.69, 9.17) is 5.73 Å². The highest BCUT2D eigenvalue weighted by Crippen LogP contribution is 2.09. The van der Waals surface area contributed by atoms with Crippen LogP contribution in [0.5, 0.6) is 0 Å². The molecular formula is C14H14FN3O. The van der Waals surface area contributed by atoms with Gasteiger partial charge >= 0.3 is 6.03 Å². The molecule has 2 amide bonds. The molecule has 0 saturated heterocycles. The summed E-state index contributed by atoms with van der Waals surface area (Å²) in [5.41, 5.74) is 7.58. The van der Waals surface area contributed by atoms with Crippen LogP contribution in [-0.4, -0.2) is 6.03 Å². The Kier molecular flexibility index (Phi) is 3.97. The van der Waals surface area contributed by atoms with Gasteiger partial charge in [-0.3, -0.25) is 0 Å². The van der Waals surface area contributed by atoms with Crippen molar-refractivity contribution in [3.8, 4) is 0 Å². The van der Waals surface area contributed by atoms with E-state index in [0.29, 0.717) is 17.9 Å². The fourth-order valence-corrected chi connectivity index (χ4v) is 1.63. The molecule has 19 heavy (non-hydrogen) atoms. The van der Waals surface area contributed by atoms with E-state index in [1.807, 2.05) is 12.1 Å². The number of benzene rings is 2. The molecule has 0 atom stereocenters. The first-order chi connectivity index (χ1) is 9.13. The Morgan fingerprint density at radius 2 is 1.95 bits per heavy atom. The molecule has 0 aromatic heterocycles. The lowest BCUT2D eigenvalue weighted by Gasteiger charge is -2.08. The van der Waals surface area contributed by atoms with Gasteiger partial charge in [0.1, 0.15) is 5.82 Å². The molecule has 0 spiro atoms. The molecule has 0 aliphatic carbocycles. The van der Waals surface area contributed by atoms with Gasteiger partial charge in [0, 0.05) is 17.9 Å². The van der Waals surface area contributed by atoms with Crippen molar-refractivity contribution in [2.45, 2.75) is 6.54 Å². The first kappa shape index (κ1) is 12.9. The molecule has 0 aliphatic rings. The van der Waals surface area contributed by atoms with Gasteiger partial charge in [-0.05, 0) is 35.9 Å². The van der Waals surface area contributed by atoms with E-state index >= 15 is 0 Å². The number of hydrogen-bond donors (Lipinski definition) is 3. The molecule has 0 unspecified atom stereocenters. The molecule has 0 radical (unpaired) electrons. The monoisotopic (exact) mass is 259 g/mol. The van der Waals surface area contributed by atoms with Gasteiger partial charge in [-0.25, -0.2) is 9.18 Å². The Morgan fingerprint density at radius 3 is 2.68 bits per heavy atom. The quantitative estimate of drug-likeness (QED) is 0.742. The van der Waals surface area contributed by atoms with Crippen molar-refractivity contribution in [2.75, 3.05) is 11.1 Å². The van der Waals surface area contributed by atoms with E-state index in [2.05, 4.69) is 10.6 Å². The average molecular weight is 259 g/mol. The summed E-state index contributed by atoms with van der Waals surface area (Å²) in [6.07, 6.45) is 0. The van der Waals surface area contributed by atoms with E-state index in [-0.39, 0.29) is 0 Å². The maximum absolute atomic E-state index is 12.9. The normalized spacial score (nSPS) is 9.95. The number of nitrogens with one attached hydrogen (secondary N) is 2. The SMILES string of the molecule is Nc1cccc(CNC(=O)Nc2cccc(F)c2)c1. The second-order valence-corrected chi connectivity index (χ2v) is 4.06. The molecule has 4 N–H and O–H groups in total. The second-order valence-electron chi connectivity index (χ2n) is 4.06. The van der Waals surface area contributed by atoms with Crippen LogP contribution in [0.2, 0.25) is 0 Å². The fourth-order valence-electron chi connectivity index (χ4n) is 1.63. The van der Waals surface area contributed by atoms with Gasteiger partial charge in [-0.2, -0.15) is 0 Å². The first-order valence-corrected chi connectivity index (χ1v) is 5.78. The van der Waals surface area contributed by atoms with E-state index in [9.17, 15) is 9.18 Å². The van der Waals surface area contributed by atoms with E-state index < -0.39 is 11.8 Å². The summed E-state index contributed by atoms with van der Waals surface area (Å²) in [7, 11) is 0. The molecule has 2 rings (SSSR count). The highest BCUT2D eigenvalue weighted by Gasteiger charge is 2.02. The minimum Gasteiger partial charge on any atom is -0.399 e. The number of carbonyl (C=O) groups is 1. The van der Waals surface area contributed by atoms with Crippen LogP contribution in [0, 0.1) is 5.82 Å². The van der Waals surface area contributed by atoms with Gasteiger partial charge in [0.2, 0.25) is 0 Å². The number of carbonyl (C=O) groups excluding carboxylic acids is 1. The maximum atomic E-state index is 12.9. The first-order valence-electron chi connectivity index (χ1n) is 5.78. The number of urea groups is 1. The Morgan fingerprint density at radius 1 is 1.16 bits per heavy atom. The van der Waals surface area contributed by atoms with Crippen LogP contribution in [0.15, 0.2) is 48.5 Å². The van der Waals surface area contributed by atoms with Gasteiger partial charge in [0.05, 0.1) is 0 Å². The van der Waals surface area contributed by atoms with Crippen LogP contribution in [0.3, 0.4) is 0 Å². The fraction of sp³-hybridized carbons (Fsp3) is 0.0714. The minimum absolute atomic E-state index is 0.353. The molecule has 2 aromatic carbocycles. The van der Waals surface area contributed by atoms with E-state index in [0.717, 1.165) is 5.56 Å². The van der Waals surface area contributed by atoms with E-state index in [1.165, 1.54) is 18.2 Å². The molecule has 4 nitrogen and oxygen atoms in total. The van der Waals surface area contributed by atoms with Gasteiger partial charge in [-0.15, -0.1) is 0 Å². The third-order valence-electron chi connectivity index (χ3n) is 2.49. The maximum Gasteiger partial charge on any atom is 0.319 e. The van der Waals surface area contributed by atoms with Gasteiger partial charge in [0.25, 0.3) is 0 Å². The van der Waals surface area contributed by atoms with Crippen LogP contribution >= 0.6 is 0 Å². The van der Waals surface area contributed by atoms with Crippen LogP contribution < -0.4 is 16.4 Å². The van der Waals surface area contributed by atoms with Gasteiger partial charge in [0.15, 0.2) is 0 Å². The summed E-state index contributed by atoms with van der Waals surface area (Å²) in [5, 5.41) is 5.21. The third kappa shape index (κ3) is 3.99. The Bertz CT molecular complexity index is 586. The molecule has 0 fully saturated rings. The van der Waals surface area contributed by atoms with Crippen LogP contribution in [0.4, 0.5) is 20.6 Å². The zero-order valence-corrected chi connectivity index (χ0v) is 10.2. The predicted octanol–water partition coefficient (Wildman–Crippen LogP) is 2.73. The number of amides is 2. The summed E-state index contributed by atoms with van der Waals surface area (Å²) in [5.74, 6) is -0.395. The number of nitrogens with two attached hydrogens (primary N) is 1. The number of hydrogen-bond acceptors (Lipinski definition) is 2. The van der Waals surface area contributed by atoms with E-state index in [1.54, 1.807) is 18.2 Å². The van der Waals surface area contributed by atoms with Crippen molar-refractivity contribution in [1.82, 2.24) is 5.32 Å². The number of rotatable bonds is 3. The van der Waals surface area contributed by atoms with Crippen LogP contribution in [0.25, 0.3) is 0 Å². The van der Waals surface area contributed by atoms with Crippen molar-refractivity contribution < 1.29 is 9.18 Å². The zero-order valence-electron chi connectivity index (χ0n) is 10.2. The van der Waals surface area contributed by atoms with Gasteiger partial charge in [-0.1, -0.05) is 18.2 Å². The molecule has 2 aromatic rings. The zero-order chi connectivity index (χ0) is 13.7. The third-order valence-corrected chi connectivity index (χ3v) is 2.49. The highest BCUT2D eigenvalue weighted by atomic mass is 19.1. The summed E-state index contributed by atoms with van der Waals surface area (Å²) in [4.78, 5) is 11.6. The largest absolute Gasteiger partial charge is 0.399 e. The summed E-state index contributed by atoms with van der Waals surface area (Å²) >= 11 is 0. The summed E-state index contributed by atoms with van der Waals surface area (Å²) < 4.78 is 12.9. The number of halogens is 1. The lowest BCUT2D eigenvalue weighted by Crippen LogP contribution is -2.28. The molecule has 0 bridgehead atoms. The minimum atomic E-state index is -0.395. The summed E-state index contributed by atoms with van der Waals surface area (Å²) in [6.45, 7) is 0.353. The number of nitrogen functional groups attached to an aromatic ring is 1. The Labute approximate surface area is 110 Å². The van der Waals surface area contributed by atoms with Crippen LogP contribution in [0.1, 0.15) is 5.56 Å². The molecular weight excluding hydrogens is 245 g/mol. The molecule has 0 saturated carbocycles. The Balaban J connectivity index is 1.88. The highest BCUT2D eigenvalue weighted by molar-refractivity contribution is 5.89. The molecule has 0 heterocycles. The predicted molar refractivity (Wildman–Crippen MR) is 73.1 cm³/mol. The number of anilines is 2.